The SMILES string of the molecule is COc1ccc(S(=O)(=O)N(Cc2cccnc2)c2ccccc2C(=O)NO)cc1. The number of amides is 1. The van der Waals surface area contributed by atoms with E-state index in [2.05, 4.69) is 4.98 Å². The van der Waals surface area contributed by atoms with E-state index < -0.39 is 15.9 Å². The Labute approximate surface area is 168 Å². The second kappa shape index (κ2) is 8.72. The van der Waals surface area contributed by atoms with Crippen molar-refractivity contribution in [2.45, 2.75) is 11.4 Å². The normalized spacial score (nSPS) is 11.0. The van der Waals surface area contributed by atoms with Gasteiger partial charge in [-0.3, -0.25) is 19.3 Å². The molecule has 3 aromatic rings. The number of aromatic nitrogens is 1. The van der Waals surface area contributed by atoms with Gasteiger partial charge in [-0.15, -0.1) is 0 Å². The van der Waals surface area contributed by atoms with Gasteiger partial charge in [0.25, 0.3) is 15.9 Å². The molecule has 1 heterocycles. The molecule has 150 valence electrons. The average Bonchev–Trinajstić information content (AvgIpc) is 2.77. The Morgan fingerprint density at radius 3 is 2.45 bits per heavy atom. The number of hydrogen-bond acceptors (Lipinski definition) is 6. The second-order valence-electron chi connectivity index (χ2n) is 6.01. The number of hydroxylamine groups is 1. The molecule has 9 heteroatoms. The van der Waals surface area contributed by atoms with Crippen LogP contribution in [-0.4, -0.2) is 31.6 Å². The molecule has 1 aromatic heterocycles. The number of nitrogens with one attached hydrogen (secondary N) is 1. The van der Waals surface area contributed by atoms with Crippen molar-refractivity contribution in [3.05, 3.63) is 84.2 Å². The van der Waals surface area contributed by atoms with Crippen LogP contribution in [0.1, 0.15) is 15.9 Å². The minimum absolute atomic E-state index is 0.0102. The van der Waals surface area contributed by atoms with Gasteiger partial charge in [-0.2, -0.15) is 0 Å². The van der Waals surface area contributed by atoms with Gasteiger partial charge in [0.15, 0.2) is 0 Å². The predicted octanol–water partition coefficient (Wildman–Crippen LogP) is 2.60. The van der Waals surface area contributed by atoms with E-state index in [1.165, 1.54) is 31.4 Å². The van der Waals surface area contributed by atoms with Gasteiger partial charge in [0, 0.05) is 12.4 Å². The molecule has 2 aromatic carbocycles. The maximum atomic E-state index is 13.5. The Hall–Kier alpha value is -3.43. The van der Waals surface area contributed by atoms with Gasteiger partial charge in [-0.05, 0) is 48.0 Å². The molecule has 29 heavy (non-hydrogen) atoms. The smallest absolute Gasteiger partial charge is 0.276 e. The monoisotopic (exact) mass is 413 g/mol. The second-order valence-corrected chi connectivity index (χ2v) is 7.87. The fourth-order valence-electron chi connectivity index (χ4n) is 2.78. The Morgan fingerprint density at radius 2 is 1.83 bits per heavy atom. The van der Waals surface area contributed by atoms with Crippen molar-refractivity contribution in [3.63, 3.8) is 0 Å². The highest BCUT2D eigenvalue weighted by atomic mass is 32.2. The van der Waals surface area contributed by atoms with Crippen LogP contribution in [0, 0.1) is 0 Å². The largest absolute Gasteiger partial charge is 0.497 e. The summed E-state index contributed by atoms with van der Waals surface area (Å²) in [6.07, 6.45) is 3.13. The zero-order valence-electron chi connectivity index (χ0n) is 15.5. The molecule has 0 aliphatic carbocycles. The molecule has 0 bridgehead atoms. The molecule has 0 fully saturated rings. The number of nitrogens with zero attached hydrogens (tertiary/aromatic N) is 2. The molecule has 0 saturated carbocycles. The van der Waals surface area contributed by atoms with Gasteiger partial charge in [0.1, 0.15) is 5.75 Å². The van der Waals surface area contributed by atoms with Crippen molar-refractivity contribution in [1.29, 1.82) is 0 Å². The van der Waals surface area contributed by atoms with Gasteiger partial charge < -0.3 is 4.74 Å². The van der Waals surface area contributed by atoms with E-state index in [-0.39, 0.29) is 22.7 Å². The summed E-state index contributed by atoms with van der Waals surface area (Å²) in [5.74, 6) is -0.301. The lowest BCUT2D eigenvalue weighted by Crippen LogP contribution is -2.33. The van der Waals surface area contributed by atoms with Crippen molar-refractivity contribution in [2.75, 3.05) is 11.4 Å². The highest BCUT2D eigenvalue weighted by Crippen LogP contribution is 2.29. The first-order valence-electron chi connectivity index (χ1n) is 8.56. The van der Waals surface area contributed by atoms with E-state index in [4.69, 9.17) is 9.94 Å². The molecule has 0 radical (unpaired) electrons. The highest BCUT2D eigenvalue weighted by Gasteiger charge is 2.28. The number of methoxy groups -OCH3 is 1. The van der Waals surface area contributed by atoms with Crippen LogP contribution in [0.4, 0.5) is 5.69 Å². The first-order chi connectivity index (χ1) is 14.0. The maximum absolute atomic E-state index is 13.5. The van der Waals surface area contributed by atoms with Gasteiger partial charge in [0.05, 0.1) is 29.8 Å². The Morgan fingerprint density at radius 1 is 1.10 bits per heavy atom. The van der Waals surface area contributed by atoms with Crippen LogP contribution in [0.2, 0.25) is 0 Å². The van der Waals surface area contributed by atoms with E-state index in [1.54, 1.807) is 54.3 Å². The number of rotatable bonds is 7. The van der Waals surface area contributed by atoms with Crippen molar-refractivity contribution < 1.29 is 23.2 Å². The van der Waals surface area contributed by atoms with Crippen LogP contribution in [0.25, 0.3) is 0 Å². The van der Waals surface area contributed by atoms with Crippen LogP contribution in [0.5, 0.6) is 5.75 Å². The van der Waals surface area contributed by atoms with E-state index in [1.807, 2.05) is 0 Å². The molecule has 0 spiro atoms. The first kappa shape index (κ1) is 20.3. The van der Waals surface area contributed by atoms with E-state index in [9.17, 15) is 13.2 Å². The molecule has 0 atom stereocenters. The van der Waals surface area contributed by atoms with Crippen LogP contribution in [0.15, 0.2) is 78.0 Å². The van der Waals surface area contributed by atoms with Crippen LogP contribution in [-0.2, 0) is 16.6 Å². The Kier molecular flexibility index (Phi) is 6.10. The zero-order chi connectivity index (χ0) is 20.9. The standard InChI is InChI=1S/C20H19N3O5S/c1-28-16-8-10-17(11-9-16)29(26,27)23(14-15-5-4-12-21-13-15)19-7-3-2-6-18(19)20(24)22-25/h2-13,25H,14H2,1H3,(H,22,24). The predicted molar refractivity (Wildman–Crippen MR) is 106 cm³/mol. The molecule has 2 N–H and O–H groups in total. The fraction of sp³-hybridized carbons (Fsp3) is 0.100. The van der Waals surface area contributed by atoms with Crippen molar-refractivity contribution in [3.8, 4) is 5.75 Å². The number of anilines is 1. The van der Waals surface area contributed by atoms with Gasteiger partial charge in [-0.1, -0.05) is 18.2 Å². The number of carbonyl (C=O) groups is 1. The molecular weight excluding hydrogens is 394 g/mol. The van der Waals surface area contributed by atoms with Crippen LogP contribution < -0.4 is 14.5 Å². The lowest BCUT2D eigenvalue weighted by Gasteiger charge is -2.26. The molecule has 0 aliphatic heterocycles. The molecule has 0 aliphatic rings. The number of sulfonamides is 1. The maximum Gasteiger partial charge on any atom is 0.276 e. The number of para-hydroxylation sites is 1. The number of ether oxygens (including phenoxy) is 1. The third kappa shape index (κ3) is 4.36. The molecule has 1 amide bonds. The molecule has 0 saturated heterocycles. The summed E-state index contributed by atoms with van der Waals surface area (Å²) in [7, 11) is -2.57. The molecule has 8 nitrogen and oxygen atoms in total. The summed E-state index contributed by atoms with van der Waals surface area (Å²) in [5.41, 5.74) is 2.32. The van der Waals surface area contributed by atoms with E-state index in [0.717, 1.165) is 4.31 Å². The number of hydrogen-bond donors (Lipinski definition) is 2. The lowest BCUT2D eigenvalue weighted by molar-refractivity contribution is 0.0707. The van der Waals surface area contributed by atoms with E-state index in [0.29, 0.717) is 11.3 Å². The van der Waals surface area contributed by atoms with Gasteiger partial charge in [0.2, 0.25) is 0 Å². The summed E-state index contributed by atoms with van der Waals surface area (Å²) in [5, 5.41) is 9.07. The minimum Gasteiger partial charge on any atom is -0.497 e. The third-order valence-electron chi connectivity index (χ3n) is 4.22. The molecule has 0 unspecified atom stereocenters. The Balaban J connectivity index is 2.14. The Bertz CT molecular complexity index is 1090. The average molecular weight is 413 g/mol. The summed E-state index contributed by atoms with van der Waals surface area (Å²) in [6, 6.07) is 15.5. The van der Waals surface area contributed by atoms with Crippen molar-refractivity contribution >= 4 is 21.6 Å². The zero-order valence-corrected chi connectivity index (χ0v) is 16.3. The third-order valence-corrected chi connectivity index (χ3v) is 5.99. The highest BCUT2D eigenvalue weighted by molar-refractivity contribution is 7.92. The summed E-state index contributed by atoms with van der Waals surface area (Å²) < 4.78 is 33.1. The number of carbonyl (C=O) groups excluding carboxylic acids is 1. The summed E-state index contributed by atoms with van der Waals surface area (Å²) in [6.45, 7) is -0.0576. The van der Waals surface area contributed by atoms with Crippen molar-refractivity contribution in [1.82, 2.24) is 10.5 Å². The fourth-order valence-corrected chi connectivity index (χ4v) is 4.25. The number of pyridine rings is 1. The first-order valence-corrected chi connectivity index (χ1v) is 10.0. The quantitative estimate of drug-likeness (QED) is 0.455. The van der Waals surface area contributed by atoms with Crippen LogP contribution in [0.3, 0.4) is 0 Å². The molecule has 3 rings (SSSR count). The van der Waals surface area contributed by atoms with Gasteiger partial charge >= 0.3 is 0 Å². The van der Waals surface area contributed by atoms with Gasteiger partial charge in [-0.25, -0.2) is 13.9 Å². The summed E-state index contributed by atoms with van der Waals surface area (Å²) >= 11 is 0. The minimum atomic E-state index is -4.05. The van der Waals surface area contributed by atoms with E-state index >= 15 is 0 Å². The number of benzene rings is 2. The topological polar surface area (TPSA) is 109 Å². The van der Waals surface area contributed by atoms with Crippen LogP contribution >= 0.6 is 0 Å². The summed E-state index contributed by atoms with van der Waals surface area (Å²) in [4.78, 5) is 16.2. The lowest BCUT2D eigenvalue weighted by atomic mass is 10.1. The molecular formula is C20H19N3O5S. The van der Waals surface area contributed by atoms with Crippen molar-refractivity contribution in [2.24, 2.45) is 0 Å².